The smallest absolute Gasteiger partial charge is 0.291 e. The van der Waals surface area contributed by atoms with Gasteiger partial charge in [-0.05, 0) is 36.4 Å². The summed E-state index contributed by atoms with van der Waals surface area (Å²) in [7, 11) is 3.16. The number of rotatable bonds is 6. The number of methoxy groups -OCH3 is 2. The molecule has 1 saturated heterocycles. The van der Waals surface area contributed by atoms with Gasteiger partial charge < -0.3 is 29.0 Å². The van der Waals surface area contributed by atoms with E-state index >= 15 is 0 Å². The molecule has 1 fully saturated rings. The number of hydrogen-bond donors (Lipinski definition) is 1. The number of nitrogens with zero attached hydrogens (tertiary/aromatic N) is 2. The lowest BCUT2D eigenvalue weighted by Crippen LogP contribution is -2.48. The van der Waals surface area contributed by atoms with E-state index in [0.717, 1.165) is 11.4 Å². The van der Waals surface area contributed by atoms with Gasteiger partial charge in [0.05, 0.1) is 19.8 Å². The minimum Gasteiger partial charge on any atom is -0.497 e. The van der Waals surface area contributed by atoms with E-state index in [0.29, 0.717) is 54.1 Å². The molecule has 2 heterocycles. The monoisotopic (exact) mass is 485 g/mol. The molecule has 0 radical (unpaired) electrons. The molecule has 0 bridgehead atoms. The lowest BCUT2D eigenvalue weighted by atomic mass is 10.1. The zero-order chi connectivity index (χ0) is 25.1. The molecular weight excluding hydrogens is 458 g/mol. The summed E-state index contributed by atoms with van der Waals surface area (Å²) in [5.74, 6) is 0.727. The Balaban J connectivity index is 1.39. The van der Waals surface area contributed by atoms with Crippen LogP contribution in [0, 0.1) is 0 Å². The van der Waals surface area contributed by atoms with Crippen molar-refractivity contribution < 1.29 is 23.5 Å². The molecule has 1 N–H and O–H groups in total. The van der Waals surface area contributed by atoms with Crippen LogP contribution in [-0.4, -0.2) is 57.1 Å². The van der Waals surface area contributed by atoms with Crippen molar-refractivity contribution in [1.29, 1.82) is 0 Å². The first-order valence-corrected chi connectivity index (χ1v) is 11.7. The zero-order valence-electron chi connectivity index (χ0n) is 20.2. The zero-order valence-corrected chi connectivity index (χ0v) is 20.2. The van der Waals surface area contributed by atoms with Crippen LogP contribution < -0.4 is 19.7 Å². The Labute approximate surface area is 209 Å². The Hall–Kier alpha value is -4.46. The van der Waals surface area contributed by atoms with Gasteiger partial charge in [0, 0.05) is 43.3 Å². The predicted octanol–water partition coefficient (Wildman–Crippen LogP) is 4.66. The quantitative estimate of drug-likeness (QED) is 0.428. The summed E-state index contributed by atoms with van der Waals surface area (Å²) >= 11 is 0. The molecule has 1 aliphatic heterocycles. The molecule has 0 saturated carbocycles. The van der Waals surface area contributed by atoms with Crippen LogP contribution in [0.1, 0.15) is 20.9 Å². The number of nitrogens with one attached hydrogen (secondary N) is 1. The van der Waals surface area contributed by atoms with Gasteiger partial charge in [-0.3, -0.25) is 9.59 Å². The average molecular weight is 486 g/mol. The van der Waals surface area contributed by atoms with Crippen molar-refractivity contribution in [3.8, 4) is 11.5 Å². The van der Waals surface area contributed by atoms with Crippen LogP contribution in [0.3, 0.4) is 0 Å². The van der Waals surface area contributed by atoms with Gasteiger partial charge in [-0.2, -0.15) is 0 Å². The molecule has 0 spiro atoms. The van der Waals surface area contributed by atoms with E-state index in [-0.39, 0.29) is 17.6 Å². The van der Waals surface area contributed by atoms with Crippen LogP contribution >= 0.6 is 0 Å². The molecule has 0 atom stereocenters. The Morgan fingerprint density at radius 1 is 0.861 bits per heavy atom. The van der Waals surface area contributed by atoms with Gasteiger partial charge in [0.25, 0.3) is 11.8 Å². The van der Waals surface area contributed by atoms with Crippen LogP contribution in [0.5, 0.6) is 11.5 Å². The number of carbonyl (C=O) groups is 2. The van der Waals surface area contributed by atoms with Gasteiger partial charge in [0.1, 0.15) is 22.8 Å². The van der Waals surface area contributed by atoms with Crippen molar-refractivity contribution in [2.45, 2.75) is 0 Å². The minimum absolute atomic E-state index is 0.120. The van der Waals surface area contributed by atoms with Gasteiger partial charge in [0.15, 0.2) is 0 Å². The summed E-state index contributed by atoms with van der Waals surface area (Å²) in [6, 6.07) is 22.1. The highest BCUT2D eigenvalue weighted by molar-refractivity contribution is 6.15. The summed E-state index contributed by atoms with van der Waals surface area (Å²) < 4.78 is 16.7. The number of benzene rings is 3. The summed E-state index contributed by atoms with van der Waals surface area (Å²) in [6.45, 7) is 2.38. The molecule has 4 aromatic rings. The van der Waals surface area contributed by atoms with Crippen molar-refractivity contribution in [3.05, 3.63) is 84.1 Å². The number of para-hydroxylation sites is 2. The van der Waals surface area contributed by atoms with Crippen LogP contribution in [0.25, 0.3) is 11.0 Å². The minimum atomic E-state index is -0.379. The lowest BCUT2D eigenvalue weighted by Gasteiger charge is -2.36. The number of hydrogen-bond acceptors (Lipinski definition) is 6. The van der Waals surface area contributed by atoms with Crippen molar-refractivity contribution in [3.63, 3.8) is 0 Å². The molecule has 1 aromatic heterocycles. The highest BCUT2D eigenvalue weighted by Crippen LogP contribution is 2.33. The van der Waals surface area contributed by atoms with Gasteiger partial charge in [-0.1, -0.05) is 30.3 Å². The predicted molar refractivity (Wildman–Crippen MR) is 138 cm³/mol. The Morgan fingerprint density at radius 2 is 1.61 bits per heavy atom. The molecule has 184 valence electrons. The van der Waals surface area contributed by atoms with E-state index in [1.165, 1.54) is 7.11 Å². The fourth-order valence-corrected chi connectivity index (χ4v) is 4.45. The number of ether oxygens (including phenoxy) is 2. The van der Waals surface area contributed by atoms with Crippen molar-refractivity contribution in [2.24, 2.45) is 0 Å². The number of carbonyl (C=O) groups excluding carboxylic acids is 2. The fraction of sp³-hybridized carbons (Fsp3) is 0.214. The number of fused-ring (bicyclic) bond motifs is 1. The van der Waals surface area contributed by atoms with Crippen LogP contribution in [0.2, 0.25) is 0 Å². The topological polar surface area (TPSA) is 84.3 Å². The number of furan rings is 1. The Bertz CT molecular complexity index is 1410. The summed E-state index contributed by atoms with van der Waals surface area (Å²) in [5, 5.41) is 3.57. The third-order valence-electron chi connectivity index (χ3n) is 6.37. The first-order chi connectivity index (χ1) is 17.6. The molecule has 1 aliphatic rings. The Kier molecular flexibility index (Phi) is 6.49. The Morgan fingerprint density at radius 3 is 2.39 bits per heavy atom. The number of amides is 2. The fourth-order valence-electron chi connectivity index (χ4n) is 4.45. The van der Waals surface area contributed by atoms with Crippen LogP contribution in [0.15, 0.2) is 77.2 Å². The van der Waals surface area contributed by atoms with E-state index < -0.39 is 0 Å². The van der Waals surface area contributed by atoms with Crippen molar-refractivity contribution in [2.75, 3.05) is 50.6 Å². The molecule has 2 amide bonds. The largest absolute Gasteiger partial charge is 0.497 e. The van der Waals surface area contributed by atoms with Gasteiger partial charge in [-0.15, -0.1) is 0 Å². The SMILES string of the molecule is COc1cccc(N2CCN(C(=O)c3oc4ccccc4c3NC(=O)c3ccccc3OC)CC2)c1. The van der Waals surface area contributed by atoms with E-state index in [4.69, 9.17) is 13.9 Å². The van der Waals surface area contributed by atoms with Crippen LogP contribution in [-0.2, 0) is 0 Å². The number of piperazine rings is 1. The normalized spacial score (nSPS) is 13.5. The van der Waals surface area contributed by atoms with E-state index in [9.17, 15) is 9.59 Å². The average Bonchev–Trinajstić information content (AvgIpc) is 3.30. The molecule has 0 unspecified atom stereocenters. The maximum absolute atomic E-state index is 13.6. The van der Waals surface area contributed by atoms with E-state index in [2.05, 4.69) is 10.2 Å². The summed E-state index contributed by atoms with van der Waals surface area (Å²) in [5.41, 5.74) is 2.32. The van der Waals surface area contributed by atoms with Crippen molar-refractivity contribution >= 4 is 34.2 Å². The molecular formula is C28H27N3O5. The first-order valence-electron chi connectivity index (χ1n) is 11.7. The van der Waals surface area contributed by atoms with Gasteiger partial charge >= 0.3 is 0 Å². The maximum Gasteiger partial charge on any atom is 0.291 e. The number of anilines is 2. The third-order valence-corrected chi connectivity index (χ3v) is 6.37. The van der Waals surface area contributed by atoms with Crippen LogP contribution in [0.4, 0.5) is 11.4 Å². The van der Waals surface area contributed by atoms with Gasteiger partial charge in [-0.25, -0.2) is 0 Å². The molecule has 36 heavy (non-hydrogen) atoms. The van der Waals surface area contributed by atoms with Crippen molar-refractivity contribution in [1.82, 2.24) is 4.90 Å². The van der Waals surface area contributed by atoms with Gasteiger partial charge in [0.2, 0.25) is 5.76 Å². The lowest BCUT2D eigenvalue weighted by molar-refractivity contribution is 0.0718. The van der Waals surface area contributed by atoms with E-state index in [1.807, 2.05) is 42.5 Å². The highest BCUT2D eigenvalue weighted by Gasteiger charge is 2.29. The highest BCUT2D eigenvalue weighted by atomic mass is 16.5. The summed E-state index contributed by atoms with van der Waals surface area (Å²) in [6.07, 6.45) is 0. The second kappa shape index (κ2) is 10.0. The second-order valence-electron chi connectivity index (χ2n) is 8.44. The molecule has 8 nitrogen and oxygen atoms in total. The summed E-state index contributed by atoms with van der Waals surface area (Å²) in [4.78, 5) is 30.7. The molecule has 3 aromatic carbocycles. The third kappa shape index (κ3) is 4.45. The molecule has 5 rings (SSSR count). The van der Waals surface area contributed by atoms with E-state index in [1.54, 1.807) is 42.3 Å². The standard InChI is InChI=1S/C28H27N3O5/c1-34-20-9-7-8-19(18-20)30-14-16-31(17-15-30)28(33)26-25(21-10-3-6-13-24(21)36-26)29-27(32)22-11-4-5-12-23(22)35-2/h3-13,18H,14-17H2,1-2H3,(H,29,32). The molecule has 8 heteroatoms. The first kappa shape index (κ1) is 23.3. The molecule has 0 aliphatic carbocycles. The maximum atomic E-state index is 13.6. The second-order valence-corrected chi connectivity index (χ2v) is 8.44.